The Bertz CT molecular complexity index is 1060. The highest BCUT2D eigenvalue weighted by atomic mass is 32.1. The van der Waals surface area contributed by atoms with Gasteiger partial charge in [-0.3, -0.25) is 21.5 Å². The number of nitrogens with one attached hydrogen (secondary N) is 4. The Labute approximate surface area is 167 Å². The molecular formula is C18H16N6O2S2. The number of hydrogen-bond acceptors (Lipinski definition) is 6. The van der Waals surface area contributed by atoms with Crippen molar-refractivity contribution >= 4 is 46.4 Å². The van der Waals surface area contributed by atoms with Crippen molar-refractivity contribution in [2.24, 2.45) is 11.5 Å². The monoisotopic (exact) mass is 412 g/mol. The molecule has 4 aromatic rings. The van der Waals surface area contributed by atoms with E-state index in [1.165, 1.54) is 0 Å². The van der Waals surface area contributed by atoms with Crippen molar-refractivity contribution in [1.29, 1.82) is 10.8 Å². The number of hydrogen-bond donors (Lipinski definition) is 6. The summed E-state index contributed by atoms with van der Waals surface area (Å²) >= 11 is 3.22. The number of anilines is 2. The van der Waals surface area contributed by atoms with Gasteiger partial charge in [-0.25, -0.2) is 0 Å². The number of guanidine groups is 2. The number of furan rings is 2. The number of nitrogens with two attached hydrogens (primary N) is 2. The molecule has 0 bridgehead atoms. The first kappa shape index (κ1) is 17.9. The molecule has 28 heavy (non-hydrogen) atoms. The van der Waals surface area contributed by atoms with Crippen LogP contribution in [0.4, 0.5) is 11.8 Å². The summed E-state index contributed by atoms with van der Waals surface area (Å²) in [5.74, 6) is 1.95. The van der Waals surface area contributed by atoms with Gasteiger partial charge in [-0.2, -0.15) is 0 Å². The van der Waals surface area contributed by atoms with Gasteiger partial charge in [0.15, 0.2) is 23.7 Å². The summed E-state index contributed by atoms with van der Waals surface area (Å²) in [4.78, 5) is 4.18. The quantitative estimate of drug-likeness (QED) is 0.208. The van der Waals surface area contributed by atoms with Crippen molar-refractivity contribution in [3.8, 4) is 31.0 Å². The molecule has 8 N–H and O–H groups in total. The van der Waals surface area contributed by atoms with E-state index < -0.39 is 0 Å². The smallest absolute Gasteiger partial charge is 0.200 e. The van der Waals surface area contributed by atoms with Crippen molar-refractivity contribution in [2.45, 2.75) is 0 Å². The minimum Gasteiger partial charge on any atom is -0.439 e. The topological polar surface area (TPSA) is 150 Å². The highest BCUT2D eigenvalue weighted by Crippen LogP contribution is 2.41. The lowest BCUT2D eigenvalue weighted by Crippen LogP contribution is -2.19. The average Bonchev–Trinajstić information content (AvgIpc) is 3.40. The molecule has 0 radical (unpaired) electrons. The Balaban J connectivity index is 1.53. The van der Waals surface area contributed by atoms with Crippen LogP contribution in [0.5, 0.6) is 0 Å². The minimum atomic E-state index is -0.168. The Kier molecular flexibility index (Phi) is 4.63. The fourth-order valence-electron chi connectivity index (χ4n) is 2.55. The third kappa shape index (κ3) is 3.77. The van der Waals surface area contributed by atoms with Crippen LogP contribution in [-0.4, -0.2) is 11.9 Å². The van der Waals surface area contributed by atoms with Crippen molar-refractivity contribution in [3.05, 3.63) is 48.5 Å². The zero-order valence-electron chi connectivity index (χ0n) is 14.4. The van der Waals surface area contributed by atoms with Crippen molar-refractivity contribution in [1.82, 2.24) is 0 Å². The Morgan fingerprint density at radius 2 is 1.04 bits per heavy atom. The van der Waals surface area contributed by atoms with Crippen LogP contribution in [0.2, 0.25) is 0 Å². The minimum absolute atomic E-state index is 0.168. The van der Waals surface area contributed by atoms with Gasteiger partial charge in [0.25, 0.3) is 0 Å². The fourth-order valence-corrected chi connectivity index (χ4v) is 4.57. The predicted molar refractivity (Wildman–Crippen MR) is 114 cm³/mol. The zero-order chi connectivity index (χ0) is 19.7. The molecule has 0 saturated heterocycles. The maximum Gasteiger partial charge on any atom is 0.200 e. The molecule has 0 atom stereocenters. The van der Waals surface area contributed by atoms with Crippen molar-refractivity contribution in [3.63, 3.8) is 0 Å². The van der Waals surface area contributed by atoms with E-state index in [1.54, 1.807) is 34.8 Å². The molecule has 0 amide bonds. The third-order valence-corrected chi connectivity index (χ3v) is 6.06. The van der Waals surface area contributed by atoms with Crippen LogP contribution in [0.25, 0.3) is 31.0 Å². The van der Waals surface area contributed by atoms with Crippen LogP contribution < -0.4 is 22.1 Å². The molecule has 0 aliphatic rings. The second-order valence-electron chi connectivity index (χ2n) is 5.73. The predicted octanol–water partition coefficient (Wildman–Crippen LogP) is 4.61. The first-order valence-electron chi connectivity index (χ1n) is 8.10. The number of thiophene rings is 2. The van der Waals surface area contributed by atoms with Crippen LogP contribution in [0.3, 0.4) is 0 Å². The summed E-state index contributed by atoms with van der Waals surface area (Å²) in [7, 11) is 0. The molecule has 142 valence electrons. The molecule has 10 heteroatoms. The summed E-state index contributed by atoms with van der Waals surface area (Å²) in [6, 6.07) is 15.2. The Morgan fingerprint density at radius 1 is 0.643 bits per heavy atom. The summed E-state index contributed by atoms with van der Waals surface area (Å²) < 4.78 is 11.3. The molecule has 4 rings (SSSR count). The van der Waals surface area contributed by atoms with Crippen LogP contribution in [0.1, 0.15) is 0 Å². The normalized spacial score (nSPS) is 10.7. The molecule has 0 spiro atoms. The van der Waals surface area contributed by atoms with Gasteiger partial charge < -0.3 is 20.3 Å². The Morgan fingerprint density at radius 3 is 1.43 bits per heavy atom. The lowest BCUT2D eigenvalue weighted by Gasteiger charge is -1.97. The number of rotatable bonds is 5. The van der Waals surface area contributed by atoms with Gasteiger partial charge in [0.05, 0.1) is 9.75 Å². The molecule has 0 saturated carbocycles. The molecule has 0 unspecified atom stereocenters. The molecule has 0 aromatic carbocycles. The van der Waals surface area contributed by atoms with Gasteiger partial charge in [0.2, 0.25) is 0 Å². The van der Waals surface area contributed by atoms with Crippen molar-refractivity contribution in [2.75, 3.05) is 10.6 Å². The van der Waals surface area contributed by atoms with E-state index in [-0.39, 0.29) is 11.9 Å². The summed E-state index contributed by atoms with van der Waals surface area (Å²) in [6.45, 7) is 0. The maximum absolute atomic E-state index is 7.25. The van der Waals surface area contributed by atoms with Crippen LogP contribution in [-0.2, 0) is 0 Å². The SMILES string of the molecule is N=C(N)Nc1ccc(-c2ccc(-c3ccc(-c4ccc(NC(=N)N)o4)s3)s2)o1. The standard InChI is InChI=1S/C18H16N6O2S2/c19-17(20)23-15-7-1-9(25-15)11-3-5-13(27-11)14-6-4-12(28-14)10-2-8-16(26-10)24-18(21)22/h1-8H,(H4,19,20,23)(H4,21,22,24). The zero-order valence-corrected chi connectivity index (χ0v) is 16.0. The van der Waals surface area contributed by atoms with Gasteiger partial charge in [-0.05, 0) is 36.4 Å². The highest BCUT2D eigenvalue weighted by molar-refractivity contribution is 7.25. The molecule has 0 fully saturated rings. The largest absolute Gasteiger partial charge is 0.439 e. The second kappa shape index (κ2) is 7.25. The van der Waals surface area contributed by atoms with Gasteiger partial charge in [-0.15, -0.1) is 22.7 Å². The lowest BCUT2D eigenvalue weighted by molar-refractivity contribution is 0.602. The van der Waals surface area contributed by atoms with E-state index >= 15 is 0 Å². The van der Waals surface area contributed by atoms with Crippen LogP contribution in [0.15, 0.2) is 57.4 Å². The molecule has 0 aliphatic heterocycles. The third-order valence-electron chi connectivity index (χ3n) is 3.67. The van der Waals surface area contributed by atoms with Crippen LogP contribution >= 0.6 is 22.7 Å². The summed E-state index contributed by atoms with van der Waals surface area (Å²) in [5, 5.41) is 19.8. The van der Waals surface area contributed by atoms with Crippen molar-refractivity contribution < 1.29 is 8.83 Å². The second-order valence-corrected chi connectivity index (χ2v) is 7.90. The van der Waals surface area contributed by atoms with E-state index in [1.807, 2.05) is 36.4 Å². The fraction of sp³-hybridized carbons (Fsp3) is 0. The molecule has 4 heterocycles. The molecule has 4 aromatic heterocycles. The van der Waals surface area contributed by atoms with Crippen LogP contribution in [0, 0.1) is 10.8 Å². The van der Waals surface area contributed by atoms with Gasteiger partial charge in [0.1, 0.15) is 11.5 Å². The van der Waals surface area contributed by atoms with E-state index in [4.69, 9.17) is 31.1 Å². The molecule has 0 aliphatic carbocycles. The maximum atomic E-state index is 7.25. The van der Waals surface area contributed by atoms with E-state index in [0.717, 1.165) is 19.5 Å². The summed E-state index contributed by atoms with van der Waals surface area (Å²) in [6.07, 6.45) is 0. The van der Waals surface area contributed by atoms with E-state index in [9.17, 15) is 0 Å². The molecular weight excluding hydrogens is 396 g/mol. The van der Waals surface area contributed by atoms with Gasteiger partial charge in [0, 0.05) is 21.9 Å². The Hall–Kier alpha value is -3.50. The molecule has 8 nitrogen and oxygen atoms in total. The van der Waals surface area contributed by atoms with Gasteiger partial charge >= 0.3 is 0 Å². The van der Waals surface area contributed by atoms with E-state index in [0.29, 0.717) is 23.3 Å². The average molecular weight is 413 g/mol. The highest BCUT2D eigenvalue weighted by Gasteiger charge is 2.13. The van der Waals surface area contributed by atoms with E-state index in [2.05, 4.69) is 10.6 Å². The lowest BCUT2D eigenvalue weighted by atomic mass is 10.3. The van der Waals surface area contributed by atoms with Gasteiger partial charge in [-0.1, -0.05) is 0 Å². The first-order chi connectivity index (χ1) is 13.5. The first-order valence-corrected chi connectivity index (χ1v) is 9.74. The summed E-state index contributed by atoms with van der Waals surface area (Å²) in [5.41, 5.74) is 10.6.